The molecule has 2 saturated heterocycles. The summed E-state index contributed by atoms with van der Waals surface area (Å²) in [5, 5.41) is 3.61. The van der Waals surface area contributed by atoms with Crippen LogP contribution in [0, 0.1) is 11.8 Å². The first kappa shape index (κ1) is 18.0. The molecule has 0 spiro atoms. The third kappa shape index (κ3) is 2.78. The lowest BCUT2D eigenvalue weighted by molar-refractivity contribution is -0.197. The van der Waals surface area contributed by atoms with Gasteiger partial charge in [-0.3, -0.25) is 4.57 Å². The van der Waals surface area contributed by atoms with E-state index in [-0.39, 0.29) is 0 Å². The minimum absolute atomic E-state index is 0.417. The van der Waals surface area contributed by atoms with E-state index in [1.54, 1.807) is 12.7 Å². The standard InChI is InChI=1S/C20H26FN5O3/c1-20(2)28-15-13(7-21)27-19(16(15)29-20)26-9-24-14-17(22-8-23-18(14)26)25-12-6-10-3-4-11(12)5-10/h8-13,15-16,19H,3-7H2,1-2H3,(H,22,23,25)/t10-,11+,12-,13+,15+,16+,19+/m0/s1. The minimum atomic E-state index is -0.773. The molecule has 4 aliphatic rings. The van der Waals surface area contributed by atoms with Crippen LogP contribution < -0.4 is 5.32 Å². The van der Waals surface area contributed by atoms with Crippen molar-refractivity contribution in [2.45, 2.75) is 75.9 Å². The van der Waals surface area contributed by atoms with Crippen LogP contribution >= 0.6 is 0 Å². The quantitative estimate of drug-likeness (QED) is 0.840. The number of alkyl halides is 1. The van der Waals surface area contributed by atoms with Crippen LogP contribution in [-0.4, -0.2) is 56.3 Å². The highest BCUT2D eigenvalue weighted by Gasteiger charge is 2.56. The molecule has 8 nitrogen and oxygen atoms in total. The number of nitrogens with zero attached hydrogens (tertiary/aromatic N) is 4. The molecule has 4 heterocycles. The summed E-state index contributed by atoms with van der Waals surface area (Å²) < 4.78 is 33.3. The molecule has 9 heteroatoms. The van der Waals surface area contributed by atoms with Gasteiger partial charge in [0.25, 0.3) is 0 Å². The number of nitrogens with one attached hydrogen (secondary N) is 1. The maximum absolute atomic E-state index is 13.6. The highest BCUT2D eigenvalue weighted by atomic mass is 19.1. The third-order valence-corrected chi connectivity index (χ3v) is 6.97. The molecule has 0 radical (unpaired) electrons. The summed E-state index contributed by atoms with van der Waals surface area (Å²) >= 11 is 0. The van der Waals surface area contributed by atoms with E-state index in [0.29, 0.717) is 17.2 Å². The van der Waals surface area contributed by atoms with Gasteiger partial charge in [-0.05, 0) is 44.9 Å². The Kier molecular flexibility index (Phi) is 3.92. The Morgan fingerprint density at radius 3 is 2.79 bits per heavy atom. The van der Waals surface area contributed by atoms with Crippen LogP contribution in [0.3, 0.4) is 0 Å². The Labute approximate surface area is 168 Å². The van der Waals surface area contributed by atoms with E-state index in [4.69, 9.17) is 14.2 Å². The molecule has 1 N–H and O–H groups in total. The van der Waals surface area contributed by atoms with E-state index >= 15 is 0 Å². The van der Waals surface area contributed by atoms with Gasteiger partial charge < -0.3 is 19.5 Å². The maximum atomic E-state index is 13.6. The average molecular weight is 403 g/mol. The van der Waals surface area contributed by atoms with Crippen LogP contribution in [0.2, 0.25) is 0 Å². The summed E-state index contributed by atoms with van der Waals surface area (Å²) in [7, 11) is 0. The van der Waals surface area contributed by atoms with Gasteiger partial charge in [-0.25, -0.2) is 19.3 Å². The molecular weight excluding hydrogens is 377 g/mol. The van der Waals surface area contributed by atoms with Gasteiger partial charge in [-0.2, -0.15) is 0 Å². The van der Waals surface area contributed by atoms with Crippen molar-refractivity contribution in [2.24, 2.45) is 11.8 Å². The van der Waals surface area contributed by atoms with Gasteiger partial charge in [0, 0.05) is 6.04 Å². The van der Waals surface area contributed by atoms with Crippen molar-refractivity contribution in [1.29, 1.82) is 0 Å². The van der Waals surface area contributed by atoms with Gasteiger partial charge in [-0.15, -0.1) is 0 Å². The minimum Gasteiger partial charge on any atom is -0.365 e. The number of halogens is 1. The highest BCUT2D eigenvalue weighted by Crippen LogP contribution is 2.46. The smallest absolute Gasteiger partial charge is 0.167 e. The van der Waals surface area contributed by atoms with E-state index in [1.807, 2.05) is 18.4 Å². The molecule has 6 rings (SSSR count). The van der Waals surface area contributed by atoms with Crippen LogP contribution in [0.5, 0.6) is 0 Å². The van der Waals surface area contributed by atoms with Gasteiger partial charge in [0.05, 0.1) is 6.33 Å². The van der Waals surface area contributed by atoms with Crippen molar-refractivity contribution in [3.8, 4) is 0 Å². The monoisotopic (exact) mass is 403 g/mol. The Balaban J connectivity index is 1.32. The van der Waals surface area contributed by atoms with Gasteiger partial charge in [0.1, 0.15) is 31.3 Å². The summed E-state index contributed by atoms with van der Waals surface area (Å²) in [6.07, 6.45) is 6.31. The number of anilines is 1. The number of hydrogen-bond donors (Lipinski definition) is 1. The normalized spacial score (nSPS) is 40.0. The Hall–Kier alpha value is -1.84. The lowest BCUT2D eigenvalue weighted by atomic mass is 9.95. The Morgan fingerprint density at radius 1 is 1.17 bits per heavy atom. The predicted octanol–water partition coefficient (Wildman–Crippen LogP) is 2.81. The molecule has 7 atom stereocenters. The zero-order valence-corrected chi connectivity index (χ0v) is 16.6. The summed E-state index contributed by atoms with van der Waals surface area (Å²) in [6, 6.07) is 0.451. The van der Waals surface area contributed by atoms with Crippen molar-refractivity contribution >= 4 is 17.0 Å². The lowest BCUT2D eigenvalue weighted by Gasteiger charge is -2.24. The van der Waals surface area contributed by atoms with E-state index in [2.05, 4.69) is 20.3 Å². The van der Waals surface area contributed by atoms with Crippen molar-refractivity contribution < 1.29 is 18.6 Å². The summed E-state index contributed by atoms with van der Waals surface area (Å²) in [5.41, 5.74) is 1.36. The molecule has 156 valence electrons. The molecule has 0 unspecified atom stereocenters. The Morgan fingerprint density at radius 2 is 2.03 bits per heavy atom. The first-order valence-corrected chi connectivity index (χ1v) is 10.5. The molecule has 4 fully saturated rings. The maximum Gasteiger partial charge on any atom is 0.167 e. The predicted molar refractivity (Wildman–Crippen MR) is 102 cm³/mol. The topological polar surface area (TPSA) is 83.3 Å². The van der Waals surface area contributed by atoms with Crippen LogP contribution in [0.25, 0.3) is 11.2 Å². The van der Waals surface area contributed by atoms with Gasteiger partial charge in [-0.1, -0.05) is 6.42 Å². The number of imidazole rings is 1. The second kappa shape index (κ2) is 6.33. The van der Waals surface area contributed by atoms with Crippen LogP contribution in [0.1, 0.15) is 45.8 Å². The zero-order valence-electron chi connectivity index (χ0n) is 16.6. The fourth-order valence-corrected chi connectivity index (χ4v) is 5.75. The van der Waals surface area contributed by atoms with E-state index in [9.17, 15) is 4.39 Å². The van der Waals surface area contributed by atoms with Crippen molar-refractivity contribution in [3.63, 3.8) is 0 Å². The molecule has 0 amide bonds. The van der Waals surface area contributed by atoms with E-state index < -0.39 is 37.0 Å². The number of ether oxygens (including phenoxy) is 3. The van der Waals surface area contributed by atoms with Crippen LogP contribution in [0.15, 0.2) is 12.7 Å². The van der Waals surface area contributed by atoms with E-state index in [1.165, 1.54) is 25.7 Å². The molecule has 2 aliphatic carbocycles. The fraction of sp³-hybridized carbons (Fsp3) is 0.750. The fourth-order valence-electron chi connectivity index (χ4n) is 5.75. The van der Waals surface area contributed by atoms with Gasteiger partial charge >= 0.3 is 0 Å². The second-order valence-corrected chi connectivity index (χ2v) is 9.26. The molecule has 29 heavy (non-hydrogen) atoms. The van der Waals surface area contributed by atoms with Crippen molar-refractivity contribution in [3.05, 3.63) is 12.7 Å². The molecule has 2 bridgehead atoms. The lowest BCUT2D eigenvalue weighted by Crippen LogP contribution is -2.30. The molecule has 0 aromatic carbocycles. The molecule has 2 aromatic heterocycles. The summed E-state index contributed by atoms with van der Waals surface area (Å²) in [6.45, 7) is 3.04. The molecule has 2 saturated carbocycles. The molecule has 2 aliphatic heterocycles. The van der Waals surface area contributed by atoms with Crippen LogP contribution in [-0.2, 0) is 14.2 Å². The largest absolute Gasteiger partial charge is 0.365 e. The zero-order chi connectivity index (χ0) is 19.8. The van der Waals surface area contributed by atoms with E-state index in [0.717, 1.165) is 17.7 Å². The van der Waals surface area contributed by atoms with Gasteiger partial charge in [0.15, 0.2) is 29.0 Å². The number of fused-ring (bicyclic) bond motifs is 4. The number of rotatable bonds is 4. The van der Waals surface area contributed by atoms with Crippen LogP contribution in [0.4, 0.5) is 10.2 Å². The van der Waals surface area contributed by atoms with Crippen molar-refractivity contribution in [1.82, 2.24) is 19.5 Å². The first-order valence-electron chi connectivity index (χ1n) is 10.5. The molecule has 2 aromatic rings. The number of aromatic nitrogens is 4. The second-order valence-electron chi connectivity index (χ2n) is 9.26. The highest BCUT2D eigenvalue weighted by molar-refractivity contribution is 5.82. The first-order chi connectivity index (χ1) is 14.0. The van der Waals surface area contributed by atoms with Crippen molar-refractivity contribution in [2.75, 3.05) is 12.0 Å². The Bertz CT molecular complexity index is 936. The molecular formula is C20H26FN5O3. The SMILES string of the molecule is CC1(C)O[C@@H]2[C@H](O1)[C@@H](CF)O[C@H]2n1cnc2c(N[C@H]3C[C@H]4CC[C@@H]3C4)ncnc21. The summed E-state index contributed by atoms with van der Waals surface area (Å²) in [4.78, 5) is 13.5. The summed E-state index contributed by atoms with van der Waals surface area (Å²) in [5.74, 6) is 1.55. The number of hydrogen-bond acceptors (Lipinski definition) is 7. The van der Waals surface area contributed by atoms with Gasteiger partial charge in [0.2, 0.25) is 0 Å². The third-order valence-electron chi connectivity index (χ3n) is 6.97. The average Bonchev–Trinajstić information content (AvgIpc) is 3.47.